The summed E-state index contributed by atoms with van der Waals surface area (Å²) in [4.78, 5) is 22.6. The van der Waals surface area contributed by atoms with Crippen LogP contribution in [0.2, 0.25) is 0 Å². The molecule has 7 heteroatoms. The van der Waals surface area contributed by atoms with Crippen molar-refractivity contribution in [2.45, 2.75) is 32.4 Å². The highest BCUT2D eigenvalue weighted by molar-refractivity contribution is 5.94. The van der Waals surface area contributed by atoms with Crippen molar-refractivity contribution in [2.75, 3.05) is 27.7 Å². The number of imidazole rings is 1. The van der Waals surface area contributed by atoms with Crippen LogP contribution in [0.4, 0.5) is 0 Å². The zero-order valence-corrected chi connectivity index (χ0v) is 19.8. The Morgan fingerprint density at radius 3 is 2.58 bits per heavy atom. The number of carbonyl (C=O) groups is 1. The van der Waals surface area contributed by atoms with Gasteiger partial charge in [0.15, 0.2) is 5.96 Å². The molecule has 0 atom stereocenters. The number of nitrogens with one attached hydrogen (secondary N) is 2. The van der Waals surface area contributed by atoms with Crippen molar-refractivity contribution in [1.29, 1.82) is 0 Å². The summed E-state index contributed by atoms with van der Waals surface area (Å²) in [6, 6.07) is 18.3. The van der Waals surface area contributed by atoms with Crippen LogP contribution >= 0.6 is 0 Å². The summed E-state index contributed by atoms with van der Waals surface area (Å²) in [7, 11) is 5.29. The molecule has 0 radical (unpaired) electrons. The molecule has 3 aromatic rings. The highest BCUT2D eigenvalue weighted by Gasteiger charge is 2.08. The van der Waals surface area contributed by atoms with Crippen molar-refractivity contribution in [1.82, 2.24) is 25.1 Å². The number of hydrogen-bond donors (Lipinski definition) is 2. The van der Waals surface area contributed by atoms with Gasteiger partial charge in [-0.1, -0.05) is 42.5 Å². The van der Waals surface area contributed by atoms with Gasteiger partial charge >= 0.3 is 0 Å². The van der Waals surface area contributed by atoms with E-state index in [9.17, 15) is 4.79 Å². The summed E-state index contributed by atoms with van der Waals surface area (Å²) in [6.07, 6.45) is 6.79. The summed E-state index contributed by atoms with van der Waals surface area (Å²) in [5.74, 6) is 1.73. The summed E-state index contributed by atoms with van der Waals surface area (Å²) in [5, 5.41) is 6.69. The molecule has 3 rings (SSSR count). The third-order valence-electron chi connectivity index (χ3n) is 5.43. The van der Waals surface area contributed by atoms with Gasteiger partial charge in [0.05, 0.1) is 6.54 Å². The van der Waals surface area contributed by atoms with E-state index < -0.39 is 0 Å². The summed E-state index contributed by atoms with van der Waals surface area (Å²) >= 11 is 0. The zero-order valence-electron chi connectivity index (χ0n) is 19.8. The van der Waals surface area contributed by atoms with E-state index in [1.807, 2.05) is 42.7 Å². The SMILES string of the molecule is CN=C(NCCc1cccc(C(=O)N(C)C)c1)NCc1nccn1CCCc1ccccc1. The molecule has 0 saturated heterocycles. The topological polar surface area (TPSA) is 74.6 Å². The Morgan fingerprint density at radius 1 is 1.03 bits per heavy atom. The van der Waals surface area contributed by atoms with Crippen LogP contribution in [-0.4, -0.2) is 54.0 Å². The van der Waals surface area contributed by atoms with Crippen molar-refractivity contribution in [2.24, 2.45) is 4.99 Å². The van der Waals surface area contributed by atoms with Crippen LogP contribution in [0.3, 0.4) is 0 Å². The molecule has 0 bridgehead atoms. The Hall–Kier alpha value is -3.61. The minimum absolute atomic E-state index is 0.0153. The fourth-order valence-electron chi connectivity index (χ4n) is 3.64. The third-order valence-corrected chi connectivity index (χ3v) is 5.43. The van der Waals surface area contributed by atoms with Gasteiger partial charge in [-0.3, -0.25) is 9.79 Å². The number of benzene rings is 2. The van der Waals surface area contributed by atoms with Gasteiger partial charge in [-0.15, -0.1) is 0 Å². The molecule has 0 unspecified atom stereocenters. The number of aromatic nitrogens is 2. The van der Waals surface area contributed by atoms with E-state index in [1.54, 1.807) is 26.0 Å². The van der Waals surface area contributed by atoms with Crippen LogP contribution < -0.4 is 10.6 Å². The lowest BCUT2D eigenvalue weighted by Crippen LogP contribution is -2.38. The maximum Gasteiger partial charge on any atom is 0.253 e. The molecule has 7 nitrogen and oxygen atoms in total. The zero-order chi connectivity index (χ0) is 23.5. The van der Waals surface area contributed by atoms with Crippen LogP contribution in [0.25, 0.3) is 0 Å². The largest absolute Gasteiger partial charge is 0.356 e. The lowest BCUT2D eigenvalue weighted by atomic mass is 10.1. The highest BCUT2D eigenvalue weighted by atomic mass is 16.2. The number of nitrogens with zero attached hydrogens (tertiary/aromatic N) is 4. The number of rotatable bonds is 10. The van der Waals surface area contributed by atoms with Crippen LogP contribution in [0.5, 0.6) is 0 Å². The van der Waals surface area contributed by atoms with Crippen LogP contribution in [0.1, 0.15) is 33.7 Å². The second kappa shape index (κ2) is 12.4. The Labute approximate surface area is 196 Å². The maximum absolute atomic E-state index is 12.2. The molecule has 0 aliphatic carbocycles. The first kappa shape index (κ1) is 24.0. The van der Waals surface area contributed by atoms with Gasteiger partial charge in [0.2, 0.25) is 0 Å². The molecule has 0 aliphatic rings. The van der Waals surface area contributed by atoms with Gasteiger partial charge in [-0.2, -0.15) is 0 Å². The summed E-state index contributed by atoms with van der Waals surface area (Å²) in [6.45, 7) is 2.25. The molecule has 33 heavy (non-hydrogen) atoms. The Morgan fingerprint density at radius 2 is 1.82 bits per heavy atom. The average Bonchev–Trinajstić information content (AvgIpc) is 3.28. The lowest BCUT2D eigenvalue weighted by Gasteiger charge is -2.14. The Bertz CT molecular complexity index is 1040. The van der Waals surface area contributed by atoms with E-state index in [1.165, 1.54) is 5.56 Å². The van der Waals surface area contributed by atoms with Crippen LogP contribution in [-0.2, 0) is 25.9 Å². The second-order valence-corrected chi connectivity index (χ2v) is 8.13. The fraction of sp³-hybridized carbons (Fsp3) is 0.346. The van der Waals surface area contributed by atoms with E-state index in [0.29, 0.717) is 18.7 Å². The molecule has 0 fully saturated rings. The molecule has 0 spiro atoms. The van der Waals surface area contributed by atoms with Gasteiger partial charge < -0.3 is 20.1 Å². The molecule has 2 N–H and O–H groups in total. The molecule has 0 saturated carbocycles. The first-order chi connectivity index (χ1) is 16.1. The predicted molar refractivity (Wildman–Crippen MR) is 133 cm³/mol. The van der Waals surface area contributed by atoms with Gasteiger partial charge in [-0.05, 0) is 42.5 Å². The van der Waals surface area contributed by atoms with Crippen molar-refractivity contribution in [3.8, 4) is 0 Å². The van der Waals surface area contributed by atoms with Gasteiger partial charge in [0.1, 0.15) is 5.82 Å². The van der Waals surface area contributed by atoms with Crippen molar-refractivity contribution >= 4 is 11.9 Å². The van der Waals surface area contributed by atoms with Gasteiger partial charge in [0.25, 0.3) is 5.91 Å². The van der Waals surface area contributed by atoms with E-state index in [4.69, 9.17) is 0 Å². The molecular formula is C26H34N6O. The summed E-state index contributed by atoms with van der Waals surface area (Å²) < 4.78 is 2.19. The number of aryl methyl sites for hydroxylation is 2. The first-order valence-electron chi connectivity index (χ1n) is 11.4. The normalized spacial score (nSPS) is 11.3. The molecule has 174 valence electrons. The summed E-state index contributed by atoms with van der Waals surface area (Å²) in [5.41, 5.74) is 3.18. The second-order valence-electron chi connectivity index (χ2n) is 8.13. The molecule has 1 aromatic heterocycles. The van der Waals surface area contributed by atoms with E-state index >= 15 is 0 Å². The smallest absolute Gasteiger partial charge is 0.253 e. The third kappa shape index (κ3) is 7.49. The van der Waals surface area contributed by atoms with E-state index in [2.05, 4.69) is 49.4 Å². The van der Waals surface area contributed by atoms with E-state index in [0.717, 1.165) is 43.2 Å². The number of guanidine groups is 1. The number of carbonyl (C=O) groups excluding carboxylic acids is 1. The lowest BCUT2D eigenvalue weighted by molar-refractivity contribution is 0.0827. The Kier molecular flexibility index (Phi) is 9.06. The number of amides is 1. The van der Waals surface area contributed by atoms with Crippen LogP contribution in [0, 0.1) is 0 Å². The maximum atomic E-state index is 12.2. The molecule has 1 heterocycles. The fourth-order valence-corrected chi connectivity index (χ4v) is 3.64. The first-order valence-corrected chi connectivity index (χ1v) is 11.4. The van der Waals surface area contributed by atoms with Gasteiger partial charge in [0, 0.05) is 52.2 Å². The predicted octanol–water partition coefficient (Wildman–Crippen LogP) is 3.13. The Balaban J connectivity index is 1.44. The number of aliphatic imine (C=N–C) groups is 1. The van der Waals surface area contributed by atoms with Crippen molar-refractivity contribution in [3.05, 3.63) is 89.5 Å². The molecule has 2 aromatic carbocycles. The minimum Gasteiger partial charge on any atom is -0.356 e. The molecular weight excluding hydrogens is 412 g/mol. The van der Waals surface area contributed by atoms with E-state index in [-0.39, 0.29) is 5.91 Å². The highest BCUT2D eigenvalue weighted by Crippen LogP contribution is 2.08. The molecule has 1 amide bonds. The van der Waals surface area contributed by atoms with Crippen LogP contribution in [0.15, 0.2) is 72.0 Å². The average molecular weight is 447 g/mol. The quantitative estimate of drug-likeness (QED) is 0.371. The van der Waals surface area contributed by atoms with Crippen molar-refractivity contribution < 1.29 is 4.79 Å². The van der Waals surface area contributed by atoms with Gasteiger partial charge in [-0.25, -0.2) is 4.98 Å². The molecule has 0 aliphatic heterocycles. The standard InChI is InChI=1S/C26H34N6O/c1-27-26(29-15-14-22-11-7-13-23(19-22)25(33)31(2)3)30-20-24-28-16-18-32(24)17-8-12-21-9-5-4-6-10-21/h4-7,9-11,13,16,18-19H,8,12,14-15,17,20H2,1-3H3,(H2,27,29,30). The minimum atomic E-state index is 0.0153. The van der Waals surface area contributed by atoms with Crippen molar-refractivity contribution in [3.63, 3.8) is 0 Å². The monoisotopic (exact) mass is 446 g/mol. The number of hydrogen-bond acceptors (Lipinski definition) is 3.